The summed E-state index contributed by atoms with van der Waals surface area (Å²) in [6.45, 7) is -0.216. The van der Waals surface area contributed by atoms with E-state index in [2.05, 4.69) is 5.32 Å². The van der Waals surface area contributed by atoms with Gasteiger partial charge in [-0.3, -0.25) is 0 Å². The van der Waals surface area contributed by atoms with Crippen molar-refractivity contribution in [1.82, 2.24) is 0 Å². The zero-order valence-corrected chi connectivity index (χ0v) is 9.85. The van der Waals surface area contributed by atoms with Crippen LogP contribution >= 0.6 is 0 Å². The maximum absolute atomic E-state index is 13.4. The number of halogens is 5. The maximum atomic E-state index is 13.4. The summed E-state index contributed by atoms with van der Waals surface area (Å²) >= 11 is 0. The summed E-state index contributed by atoms with van der Waals surface area (Å²) in [5.74, 6) is -10.2. The van der Waals surface area contributed by atoms with Crippen LogP contribution in [-0.4, -0.2) is 5.11 Å². The van der Waals surface area contributed by atoms with Gasteiger partial charge in [0.15, 0.2) is 23.3 Å². The maximum Gasteiger partial charge on any atom is 0.200 e. The molecule has 0 spiro atoms. The summed E-state index contributed by atoms with van der Waals surface area (Å²) in [5.41, 5.74) is -0.696. The minimum Gasteiger partial charge on any atom is -0.508 e. The van der Waals surface area contributed by atoms with Gasteiger partial charge >= 0.3 is 0 Å². The monoisotopic (exact) mass is 289 g/mol. The van der Waals surface area contributed by atoms with E-state index in [9.17, 15) is 27.1 Å². The van der Waals surface area contributed by atoms with Crippen molar-refractivity contribution in [2.45, 2.75) is 6.54 Å². The molecule has 0 bridgehead atoms. The summed E-state index contributed by atoms with van der Waals surface area (Å²) < 4.78 is 65.4. The molecule has 0 saturated carbocycles. The highest BCUT2D eigenvalue weighted by molar-refractivity contribution is 5.48. The van der Waals surface area contributed by atoms with Crippen molar-refractivity contribution in [2.24, 2.45) is 0 Å². The van der Waals surface area contributed by atoms with Crippen molar-refractivity contribution in [3.63, 3.8) is 0 Å². The molecule has 2 nitrogen and oxygen atoms in total. The first-order valence-corrected chi connectivity index (χ1v) is 5.45. The van der Waals surface area contributed by atoms with Crippen molar-refractivity contribution in [1.29, 1.82) is 0 Å². The van der Waals surface area contributed by atoms with Gasteiger partial charge in [0.1, 0.15) is 11.4 Å². The Kier molecular flexibility index (Phi) is 3.78. The van der Waals surface area contributed by atoms with Crippen molar-refractivity contribution >= 4 is 5.69 Å². The number of anilines is 1. The van der Waals surface area contributed by atoms with Gasteiger partial charge < -0.3 is 10.4 Å². The van der Waals surface area contributed by atoms with Crippen LogP contribution in [0.25, 0.3) is 0 Å². The van der Waals surface area contributed by atoms with E-state index in [1.165, 1.54) is 24.3 Å². The second kappa shape index (κ2) is 5.36. The number of aromatic hydroxyl groups is 1. The Labute approximate surface area is 110 Å². The molecule has 7 heteroatoms. The predicted molar refractivity (Wildman–Crippen MR) is 61.7 cm³/mol. The van der Waals surface area contributed by atoms with Crippen LogP contribution in [-0.2, 0) is 6.54 Å². The van der Waals surface area contributed by atoms with Crippen LogP contribution in [0.15, 0.2) is 24.3 Å². The minimum absolute atomic E-state index is 0.0817. The van der Waals surface area contributed by atoms with Crippen LogP contribution in [0.3, 0.4) is 0 Å². The third kappa shape index (κ3) is 2.52. The number of rotatable bonds is 3. The highest BCUT2D eigenvalue weighted by atomic mass is 19.2. The Bertz CT molecular complexity index is 630. The molecule has 2 aromatic rings. The Balaban J connectivity index is 2.30. The Morgan fingerprint density at radius 1 is 0.850 bits per heavy atom. The van der Waals surface area contributed by atoms with Crippen molar-refractivity contribution in [3.05, 3.63) is 58.9 Å². The van der Waals surface area contributed by atoms with Crippen molar-refractivity contribution < 1.29 is 27.1 Å². The fraction of sp³-hybridized carbons (Fsp3) is 0.0769. The van der Waals surface area contributed by atoms with Gasteiger partial charge in [0.2, 0.25) is 5.82 Å². The molecule has 106 valence electrons. The van der Waals surface area contributed by atoms with Crippen LogP contribution in [0.1, 0.15) is 5.56 Å². The van der Waals surface area contributed by atoms with Gasteiger partial charge in [-0.2, -0.15) is 0 Å². The molecule has 0 aliphatic heterocycles. The second-order valence-corrected chi connectivity index (χ2v) is 3.97. The van der Waals surface area contributed by atoms with Gasteiger partial charge in [-0.1, -0.05) is 12.1 Å². The van der Waals surface area contributed by atoms with Gasteiger partial charge in [-0.25, -0.2) is 22.0 Å². The molecular formula is C13H8F5NO. The van der Waals surface area contributed by atoms with Crippen LogP contribution in [0.5, 0.6) is 5.75 Å². The number of nitrogens with one attached hydrogen (secondary N) is 1. The molecular weight excluding hydrogens is 281 g/mol. The summed E-state index contributed by atoms with van der Waals surface area (Å²) in [4.78, 5) is 0. The summed E-state index contributed by atoms with van der Waals surface area (Å²) in [6, 6.07) is 5.66. The third-order valence-corrected chi connectivity index (χ3v) is 2.59. The molecule has 2 rings (SSSR count). The molecule has 0 aliphatic rings. The molecule has 0 saturated heterocycles. The fourth-order valence-corrected chi connectivity index (χ4v) is 1.62. The van der Waals surface area contributed by atoms with Crippen LogP contribution < -0.4 is 5.32 Å². The van der Waals surface area contributed by atoms with E-state index < -0.39 is 34.8 Å². The molecule has 0 aliphatic carbocycles. The van der Waals surface area contributed by atoms with E-state index in [4.69, 9.17) is 0 Å². The lowest BCUT2D eigenvalue weighted by atomic mass is 10.2. The molecule has 0 radical (unpaired) electrons. The average Bonchev–Trinajstić information content (AvgIpc) is 2.43. The number of hydrogen-bond donors (Lipinski definition) is 2. The van der Waals surface area contributed by atoms with E-state index in [1.807, 2.05) is 0 Å². The molecule has 2 aromatic carbocycles. The lowest BCUT2D eigenvalue weighted by Crippen LogP contribution is -2.09. The zero-order chi connectivity index (χ0) is 14.9. The van der Waals surface area contributed by atoms with Crippen molar-refractivity contribution in [3.8, 4) is 5.75 Å². The smallest absolute Gasteiger partial charge is 0.200 e. The first kappa shape index (κ1) is 14.1. The average molecular weight is 289 g/mol. The van der Waals surface area contributed by atoms with E-state index >= 15 is 0 Å². The van der Waals surface area contributed by atoms with Crippen LogP contribution in [0, 0.1) is 29.1 Å². The molecule has 0 amide bonds. The summed E-state index contributed by atoms with van der Waals surface area (Å²) in [5, 5.41) is 11.3. The van der Waals surface area contributed by atoms with E-state index in [1.54, 1.807) is 0 Å². The zero-order valence-electron chi connectivity index (χ0n) is 9.85. The van der Waals surface area contributed by atoms with Gasteiger partial charge in [0.05, 0.1) is 0 Å². The van der Waals surface area contributed by atoms with Crippen LogP contribution in [0.2, 0.25) is 0 Å². The van der Waals surface area contributed by atoms with Crippen LogP contribution in [0.4, 0.5) is 27.6 Å². The van der Waals surface area contributed by atoms with Crippen molar-refractivity contribution in [2.75, 3.05) is 5.32 Å². The molecule has 0 heterocycles. The Hall–Kier alpha value is -2.31. The van der Waals surface area contributed by atoms with Gasteiger partial charge in [0.25, 0.3) is 0 Å². The van der Waals surface area contributed by atoms with Gasteiger partial charge in [-0.15, -0.1) is 0 Å². The molecule has 0 atom stereocenters. The van der Waals surface area contributed by atoms with Gasteiger partial charge in [0, 0.05) is 6.54 Å². The first-order chi connectivity index (χ1) is 9.41. The molecule has 0 fully saturated rings. The number of phenols is 1. The highest BCUT2D eigenvalue weighted by Gasteiger charge is 2.25. The third-order valence-electron chi connectivity index (χ3n) is 2.59. The normalized spacial score (nSPS) is 10.7. The number of benzene rings is 2. The lowest BCUT2D eigenvalue weighted by Gasteiger charge is -2.11. The first-order valence-electron chi connectivity index (χ1n) is 5.45. The summed E-state index contributed by atoms with van der Waals surface area (Å²) in [7, 11) is 0. The SMILES string of the molecule is Oc1cccc(CNc2c(F)c(F)c(F)c(F)c2F)c1. The van der Waals surface area contributed by atoms with E-state index in [0.717, 1.165) is 0 Å². The largest absolute Gasteiger partial charge is 0.508 e. The molecule has 20 heavy (non-hydrogen) atoms. The summed E-state index contributed by atoms with van der Waals surface area (Å²) in [6.07, 6.45) is 0. The second-order valence-electron chi connectivity index (χ2n) is 3.97. The predicted octanol–water partition coefficient (Wildman–Crippen LogP) is 3.70. The quantitative estimate of drug-likeness (QED) is 0.513. The molecule has 0 aromatic heterocycles. The minimum atomic E-state index is -2.21. The Morgan fingerprint density at radius 3 is 1.95 bits per heavy atom. The van der Waals surface area contributed by atoms with E-state index in [-0.39, 0.29) is 12.3 Å². The molecule has 2 N–H and O–H groups in total. The topological polar surface area (TPSA) is 32.3 Å². The standard InChI is InChI=1S/C13H8F5NO/c14-8-9(15)11(17)13(12(18)10(8)16)19-5-6-2-1-3-7(20)4-6/h1-4,19-20H,5H2. The fourth-order valence-electron chi connectivity index (χ4n) is 1.62. The lowest BCUT2D eigenvalue weighted by molar-refractivity contribution is 0.381. The number of hydrogen-bond acceptors (Lipinski definition) is 2. The van der Waals surface area contributed by atoms with E-state index in [0.29, 0.717) is 5.56 Å². The molecule has 0 unspecified atom stereocenters. The number of phenolic OH excluding ortho intramolecular Hbond substituents is 1. The van der Waals surface area contributed by atoms with Gasteiger partial charge in [-0.05, 0) is 17.7 Å². The highest BCUT2D eigenvalue weighted by Crippen LogP contribution is 2.27. The Morgan fingerprint density at radius 2 is 1.40 bits per heavy atom.